The molecule has 126 valence electrons. The van der Waals surface area contributed by atoms with Crippen LogP contribution in [-0.4, -0.2) is 37.5 Å². The quantitative estimate of drug-likeness (QED) is 0.691. The normalized spacial score (nSPS) is 11.4. The Balaban J connectivity index is 0.00000264. The van der Waals surface area contributed by atoms with Gasteiger partial charge < -0.3 is 19.9 Å². The number of ether oxygens (including phenoxy) is 2. The van der Waals surface area contributed by atoms with Crippen LogP contribution in [0.2, 0.25) is 0 Å². The summed E-state index contributed by atoms with van der Waals surface area (Å²) in [7, 11) is 0. The van der Waals surface area contributed by atoms with Crippen molar-refractivity contribution in [3.63, 3.8) is 0 Å². The van der Waals surface area contributed by atoms with Gasteiger partial charge in [-0.3, -0.25) is 0 Å². The van der Waals surface area contributed by atoms with Gasteiger partial charge in [-0.05, 0) is 30.7 Å². The molecule has 0 aliphatic rings. The van der Waals surface area contributed by atoms with Gasteiger partial charge in [0.2, 0.25) is 0 Å². The summed E-state index contributed by atoms with van der Waals surface area (Å²) in [5.74, 6) is 1.67. The molecule has 0 radical (unpaired) electrons. The molecule has 23 heavy (non-hydrogen) atoms. The van der Waals surface area contributed by atoms with Gasteiger partial charge in [-0.1, -0.05) is 36.4 Å². The number of aliphatic hydroxyl groups excluding tert-OH is 1. The predicted molar refractivity (Wildman–Crippen MR) is 94.7 cm³/mol. The zero-order valence-corrected chi connectivity index (χ0v) is 14.1. The van der Waals surface area contributed by atoms with Crippen molar-refractivity contribution < 1.29 is 14.6 Å². The molecule has 0 amide bonds. The largest absolute Gasteiger partial charge is 0.492 e. The number of nitrogens with one attached hydrogen (secondary N) is 1. The maximum absolute atomic E-state index is 9.89. The van der Waals surface area contributed by atoms with Crippen molar-refractivity contribution in [1.82, 2.24) is 5.32 Å². The summed E-state index contributed by atoms with van der Waals surface area (Å²) in [4.78, 5) is 0. The summed E-state index contributed by atoms with van der Waals surface area (Å²) in [5.41, 5.74) is 1.07. The molecular formula is C18H24ClNO3. The molecule has 0 heterocycles. The van der Waals surface area contributed by atoms with Crippen LogP contribution in [0.3, 0.4) is 0 Å². The van der Waals surface area contributed by atoms with Gasteiger partial charge >= 0.3 is 0 Å². The minimum absolute atomic E-state index is 0. The molecule has 0 aliphatic heterocycles. The lowest BCUT2D eigenvalue weighted by molar-refractivity contribution is 0.105. The molecule has 2 rings (SSSR count). The van der Waals surface area contributed by atoms with E-state index in [1.807, 2.05) is 61.5 Å². The number of hydrogen-bond donors (Lipinski definition) is 2. The van der Waals surface area contributed by atoms with Crippen LogP contribution in [0.4, 0.5) is 0 Å². The van der Waals surface area contributed by atoms with Gasteiger partial charge in [-0.2, -0.15) is 0 Å². The molecule has 5 heteroatoms. The van der Waals surface area contributed by atoms with Crippen LogP contribution in [0.5, 0.6) is 11.5 Å². The number of para-hydroxylation sites is 2. The third-order valence-electron chi connectivity index (χ3n) is 3.20. The number of rotatable bonds is 9. The fraction of sp³-hybridized carbons (Fsp3) is 0.333. The topological polar surface area (TPSA) is 50.7 Å². The lowest BCUT2D eigenvalue weighted by Gasteiger charge is -2.14. The summed E-state index contributed by atoms with van der Waals surface area (Å²) >= 11 is 0. The van der Waals surface area contributed by atoms with Crippen molar-refractivity contribution in [3.8, 4) is 11.5 Å². The molecule has 0 bridgehead atoms. The van der Waals surface area contributed by atoms with Crippen LogP contribution in [0, 0.1) is 6.92 Å². The lowest BCUT2D eigenvalue weighted by atomic mass is 10.2. The third kappa shape index (κ3) is 7.37. The van der Waals surface area contributed by atoms with E-state index in [1.54, 1.807) is 0 Å². The highest BCUT2D eigenvalue weighted by Crippen LogP contribution is 2.16. The Morgan fingerprint density at radius 3 is 2.43 bits per heavy atom. The summed E-state index contributed by atoms with van der Waals surface area (Å²) in [5, 5.41) is 13.0. The van der Waals surface area contributed by atoms with Crippen LogP contribution in [0.25, 0.3) is 0 Å². The first kappa shape index (κ1) is 19.3. The van der Waals surface area contributed by atoms with Crippen molar-refractivity contribution in [3.05, 3.63) is 60.2 Å². The highest BCUT2D eigenvalue weighted by Gasteiger charge is 2.06. The van der Waals surface area contributed by atoms with E-state index in [1.165, 1.54) is 0 Å². The summed E-state index contributed by atoms with van der Waals surface area (Å²) in [6.45, 7) is 3.98. The number of hydrogen-bond acceptors (Lipinski definition) is 4. The number of halogens is 1. The van der Waals surface area contributed by atoms with Crippen LogP contribution in [0.1, 0.15) is 5.56 Å². The Hall–Kier alpha value is -1.75. The van der Waals surface area contributed by atoms with E-state index in [4.69, 9.17) is 9.47 Å². The summed E-state index contributed by atoms with van der Waals surface area (Å²) in [6.07, 6.45) is -0.545. The first-order valence-electron chi connectivity index (χ1n) is 7.51. The summed E-state index contributed by atoms with van der Waals surface area (Å²) in [6, 6.07) is 17.5. The Morgan fingerprint density at radius 2 is 1.70 bits per heavy atom. The molecule has 0 aliphatic carbocycles. The maximum Gasteiger partial charge on any atom is 0.122 e. The maximum atomic E-state index is 9.89. The van der Waals surface area contributed by atoms with E-state index in [2.05, 4.69) is 5.32 Å². The highest BCUT2D eigenvalue weighted by molar-refractivity contribution is 5.85. The molecule has 0 aromatic heterocycles. The second-order valence-electron chi connectivity index (χ2n) is 5.10. The summed E-state index contributed by atoms with van der Waals surface area (Å²) < 4.78 is 11.2. The van der Waals surface area contributed by atoms with Gasteiger partial charge in [-0.25, -0.2) is 0 Å². The van der Waals surface area contributed by atoms with E-state index < -0.39 is 6.10 Å². The average molecular weight is 338 g/mol. The van der Waals surface area contributed by atoms with Gasteiger partial charge in [0.1, 0.15) is 30.8 Å². The molecule has 0 saturated carbocycles. The van der Waals surface area contributed by atoms with Crippen molar-refractivity contribution >= 4 is 12.4 Å². The first-order chi connectivity index (χ1) is 10.8. The van der Waals surface area contributed by atoms with Crippen molar-refractivity contribution in [2.45, 2.75) is 13.0 Å². The minimum atomic E-state index is -0.545. The van der Waals surface area contributed by atoms with E-state index in [-0.39, 0.29) is 19.0 Å². The monoisotopic (exact) mass is 337 g/mol. The van der Waals surface area contributed by atoms with Crippen molar-refractivity contribution in [2.24, 2.45) is 0 Å². The van der Waals surface area contributed by atoms with E-state index in [9.17, 15) is 5.11 Å². The lowest BCUT2D eigenvalue weighted by Crippen LogP contribution is -2.33. The average Bonchev–Trinajstić information content (AvgIpc) is 2.55. The van der Waals surface area contributed by atoms with E-state index >= 15 is 0 Å². The Kier molecular flexibility index (Phi) is 9.14. The van der Waals surface area contributed by atoms with Crippen LogP contribution in [-0.2, 0) is 0 Å². The third-order valence-corrected chi connectivity index (χ3v) is 3.20. The molecule has 1 atom stereocenters. The zero-order valence-electron chi connectivity index (χ0n) is 13.3. The number of benzene rings is 2. The van der Waals surface area contributed by atoms with Crippen LogP contribution in [0.15, 0.2) is 54.6 Å². The molecule has 0 fully saturated rings. The first-order valence-corrected chi connectivity index (χ1v) is 7.51. The van der Waals surface area contributed by atoms with E-state index in [0.717, 1.165) is 17.1 Å². The molecule has 0 saturated heterocycles. The second kappa shape index (κ2) is 10.9. The van der Waals surface area contributed by atoms with Crippen molar-refractivity contribution in [2.75, 3.05) is 26.3 Å². The standard InChI is InChI=1S/C18H23NO3.ClH/c1-15-7-5-6-10-18(15)22-14-16(20)13-19-11-12-21-17-8-3-2-4-9-17;/h2-10,16,19-20H,11-14H2,1H3;1H. The van der Waals surface area contributed by atoms with Crippen molar-refractivity contribution in [1.29, 1.82) is 0 Å². The van der Waals surface area contributed by atoms with Gasteiger partial charge in [0.15, 0.2) is 0 Å². The zero-order chi connectivity index (χ0) is 15.6. The van der Waals surface area contributed by atoms with Gasteiger partial charge in [0, 0.05) is 13.1 Å². The van der Waals surface area contributed by atoms with Gasteiger partial charge in [-0.15, -0.1) is 12.4 Å². The minimum Gasteiger partial charge on any atom is -0.492 e. The molecular weight excluding hydrogens is 314 g/mol. The SMILES string of the molecule is Cc1ccccc1OCC(O)CNCCOc1ccccc1.Cl. The smallest absolute Gasteiger partial charge is 0.122 e. The highest BCUT2D eigenvalue weighted by atomic mass is 35.5. The second-order valence-corrected chi connectivity index (χ2v) is 5.10. The molecule has 4 nitrogen and oxygen atoms in total. The molecule has 0 spiro atoms. The van der Waals surface area contributed by atoms with Crippen LogP contribution < -0.4 is 14.8 Å². The number of aryl methyl sites for hydroxylation is 1. The van der Waals surface area contributed by atoms with Crippen LogP contribution >= 0.6 is 12.4 Å². The molecule has 2 aromatic rings. The molecule has 1 unspecified atom stereocenters. The molecule has 2 N–H and O–H groups in total. The predicted octanol–water partition coefficient (Wildman–Crippen LogP) is 2.83. The van der Waals surface area contributed by atoms with Gasteiger partial charge in [0.05, 0.1) is 0 Å². The number of aliphatic hydroxyl groups is 1. The van der Waals surface area contributed by atoms with Gasteiger partial charge in [0.25, 0.3) is 0 Å². The fourth-order valence-corrected chi connectivity index (χ4v) is 1.99. The Morgan fingerprint density at radius 1 is 1.00 bits per heavy atom. The molecule has 2 aromatic carbocycles. The Labute approximate surface area is 143 Å². The Bertz CT molecular complexity index is 551. The van der Waals surface area contributed by atoms with E-state index in [0.29, 0.717) is 19.7 Å². The fourth-order valence-electron chi connectivity index (χ4n) is 1.99.